The number of H-pyrrole nitrogens is 2. The number of aromatic amines is 2. The van der Waals surface area contributed by atoms with Crippen molar-refractivity contribution in [1.82, 2.24) is 9.97 Å². The van der Waals surface area contributed by atoms with Crippen LogP contribution >= 0.6 is 0 Å². The van der Waals surface area contributed by atoms with Crippen molar-refractivity contribution in [3.63, 3.8) is 0 Å². The topological polar surface area (TPSA) is 137 Å². The number of nitrogens with one attached hydrogen (secondary N) is 2. The molecule has 0 saturated carbocycles. The summed E-state index contributed by atoms with van der Waals surface area (Å²) in [4.78, 5) is 57.5. The van der Waals surface area contributed by atoms with E-state index in [0.29, 0.717) is 63.7 Å². The molecule has 0 radical (unpaired) electrons. The van der Waals surface area contributed by atoms with E-state index in [1.807, 2.05) is 38.1 Å². The van der Waals surface area contributed by atoms with E-state index in [1.54, 1.807) is 6.92 Å². The average Bonchev–Trinajstić information content (AvgIpc) is 3.95. The predicted molar refractivity (Wildman–Crippen MR) is 244 cm³/mol. The third kappa shape index (κ3) is 10.6. The summed E-state index contributed by atoms with van der Waals surface area (Å²) in [5.74, 6) is -0.110. The quantitative estimate of drug-likeness (QED) is 0.0657. The van der Waals surface area contributed by atoms with Gasteiger partial charge in [-0.05, 0) is 122 Å². The first-order valence-electron chi connectivity index (χ1n) is 21.9. The van der Waals surface area contributed by atoms with E-state index in [0.717, 1.165) is 71.3 Å². The minimum absolute atomic E-state index is 0. The van der Waals surface area contributed by atoms with Crippen LogP contribution in [0.2, 0.25) is 0 Å². The Kier molecular flexibility index (Phi) is 16.1. The molecule has 0 saturated heterocycles. The zero-order chi connectivity index (χ0) is 43.4. The van der Waals surface area contributed by atoms with Gasteiger partial charge in [-0.15, -0.1) is 22.1 Å². The fourth-order valence-corrected chi connectivity index (χ4v) is 9.12. The van der Waals surface area contributed by atoms with Crippen LogP contribution in [0.3, 0.4) is 0 Å². The Hall–Kier alpha value is -4.38. The van der Waals surface area contributed by atoms with E-state index >= 15 is 0 Å². The Morgan fingerprint density at radius 2 is 1.62 bits per heavy atom. The molecule has 3 N–H and O–H groups in total. The Morgan fingerprint density at radius 3 is 2.28 bits per heavy atom. The Morgan fingerprint density at radius 1 is 0.934 bits per heavy atom. The predicted octanol–water partition coefficient (Wildman–Crippen LogP) is 9.48. The van der Waals surface area contributed by atoms with Crippen LogP contribution in [0, 0.1) is 12.8 Å². The van der Waals surface area contributed by atoms with Gasteiger partial charge in [-0.1, -0.05) is 67.7 Å². The van der Waals surface area contributed by atoms with Crippen molar-refractivity contribution in [3.8, 4) is 0 Å². The molecule has 2 aliphatic heterocycles. The zero-order valence-electron chi connectivity index (χ0n) is 38.1. The minimum atomic E-state index is -0.803. The van der Waals surface area contributed by atoms with E-state index < -0.39 is 6.10 Å². The number of hydrogen-bond donors (Lipinski definition) is 1. The van der Waals surface area contributed by atoms with E-state index in [-0.39, 0.29) is 72.0 Å². The van der Waals surface area contributed by atoms with Gasteiger partial charge in [-0.2, -0.15) is 0 Å². The number of nitrogens with zero attached hydrogens (tertiary/aromatic N) is 2. The van der Waals surface area contributed by atoms with E-state index in [9.17, 15) is 19.5 Å². The van der Waals surface area contributed by atoms with Crippen LogP contribution in [0.4, 0.5) is 0 Å². The number of Topliss-reactive ketones (excluding diaryl/α,β-unsaturated/α-hetero) is 1. The Bertz CT molecular complexity index is 2470. The fourth-order valence-electron chi connectivity index (χ4n) is 9.12. The standard InChI is InChI=1S/C51H63N4O5.Mg/c1-11-35-42-25-43-37(22-29(4)5)39(27-56)44(53-43)26-45-48(34(10)57)33(9)41(52-45)24-40-32(8)36(50(54-40)38-23-46(58)49(35)51(38)55-42)18-19-47(59)60-21-20-31(7)17-13-16-30(6)15-12-14-28(2)3;/h14,16,20,24-27,29,32,34,36,57H,11-13,15,17-19,21-23H2,1-10H3,(H-,52,53,54,55,56,58);/q-1;+2/p+1/b30-16+,31-20+;/t32-,34-,36-;/m0./s1. The molecule has 8 bridgehead atoms. The number of esters is 1. The smallest absolute Gasteiger partial charge is 0.657 e. The molecular weight excluding hydrogens is 773 g/mol. The fraction of sp³-hybridized carbons (Fsp3) is 0.471. The number of aromatic nitrogens is 4. The molecule has 318 valence electrons. The molecule has 1 aliphatic carbocycles. The van der Waals surface area contributed by atoms with Crippen molar-refractivity contribution in [1.29, 1.82) is 0 Å². The van der Waals surface area contributed by atoms with Crippen LogP contribution in [-0.2, 0) is 27.2 Å². The summed E-state index contributed by atoms with van der Waals surface area (Å²) in [5.41, 5.74) is 15.3. The average molecular weight is 837 g/mol. The first-order chi connectivity index (χ1) is 28.6. The van der Waals surface area contributed by atoms with Gasteiger partial charge >= 0.3 is 29.0 Å². The SMILES string of the molecule is CCc1c2c3[n-]c1cc1[nH+]c(cc4[n-]c(cc5[nH+]c(c3CC2=O)[C@@H](CCC(=O)OC/C=C(\C)CC/C=C(\C)CCC=C(C)C)[C@@H]5C)c(C)c4[C@H](C)O)C(C=O)=C1CC(C)C.[Mg+2]. The monoisotopic (exact) mass is 836 g/mol. The number of hydrogen-bond acceptors (Lipinski definition) is 5. The van der Waals surface area contributed by atoms with Crippen LogP contribution in [0.1, 0.15) is 181 Å². The van der Waals surface area contributed by atoms with Gasteiger partial charge in [0.05, 0.1) is 23.5 Å². The van der Waals surface area contributed by atoms with Crippen LogP contribution in [-0.4, -0.2) is 52.8 Å². The molecule has 0 fully saturated rings. The Balaban J connectivity index is 0.00000704. The molecule has 0 amide bonds. The molecule has 3 aromatic heterocycles. The number of carbonyl (C=O) groups excluding carboxylic acids is 3. The van der Waals surface area contributed by atoms with Crippen molar-refractivity contribution in [2.75, 3.05) is 6.61 Å². The molecule has 3 aromatic rings. The molecule has 3 aliphatic rings. The molecule has 0 spiro atoms. The number of ether oxygens (including phenoxy) is 1. The largest absolute Gasteiger partial charge is 2.00 e. The van der Waals surface area contributed by atoms with Gasteiger partial charge in [0.1, 0.15) is 6.61 Å². The van der Waals surface area contributed by atoms with Crippen LogP contribution in [0.15, 0.2) is 53.1 Å². The number of aliphatic hydroxyl groups is 1. The number of aryl methyl sites for hydroxylation is 2. The Labute approximate surface area is 377 Å². The number of aliphatic hydroxyl groups excluding tert-OH is 1. The number of carbonyl (C=O) groups is 3. The van der Waals surface area contributed by atoms with Crippen LogP contribution in [0.5, 0.6) is 0 Å². The summed E-state index contributed by atoms with van der Waals surface area (Å²) in [6.07, 6.45) is 12.9. The molecular formula is C51H64MgN4O5+2. The maximum absolute atomic E-state index is 14.0. The van der Waals surface area contributed by atoms with Gasteiger partial charge in [-0.25, -0.2) is 9.97 Å². The first kappa shape index (κ1) is 47.7. The maximum Gasteiger partial charge on any atom is 2.00 e. The number of fused-ring (bicyclic) bond motifs is 8. The summed E-state index contributed by atoms with van der Waals surface area (Å²) in [7, 11) is 0. The number of aldehydes is 1. The molecule has 0 unspecified atom stereocenters. The minimum Gasteiger partial charge on any atom is -0.657 e. The molecule has 0 aromatic carbocycles. The molecule has 6 rings (SSSR count). The van der Waals surface area contributed by atoms with Crippen molar-refractivity contribution in [2.24, 2.45) is 5.92 Å². The second-order valence-electron chi connectivity index (χ2n) is 17.8. The van der Waals surface area contributed by atoms with Crippen molar-refractivity contribution < 1.29 is 34.2 Å². The third-order valence-corrected chi connectivity index (χ3v) is 12.4. The maximum atomic E-state index is 14.0. The van der Waals surface area contributed by atoms with Gasteiger partial charge in [0.2, 0.25) is 11.4 Å². The van der Waals surface area contributed by atoms with Crippen molar-refractivity contribution in [2.45, 2.75) is 145 Å². The summed E-state index contributed by atoms with van der Waals surface area (Å²) in [6.45, 7) is 20.9. The third-order valence-electron chi connectivity index (χ3n) is 12.4. The van der Waals surface area contributed by atoms with E-state index in [2.05, 4.69) is 70.6 Å². The van der Waals surface area contributed by atoms with Gasteiger partial charge in [0.15, 0.2) is 23.5 Å². The molecule has 61 heavy (non-hydrogen) atoms. The van der Waals surface area contributed by atoms with E-state index in [4.69, 9.17) is 14.7 Å². The summed E-state index contributed by atoms with van der Waals surface area (Å²) >= 11 is 0. The number of allylic oxidation sites excluding steroid dienone is 7. The summed E-state index contributed by atoms with van der Waals surface area (Å²) in [5, 5.41) is 11.0. The van der Waals surface area contributed by atoms with Gasteiger partial charge in [0, 0.05) is 29.5 Å². The second-order valence-corrected chi connectivity index (χ2v) is 17.8. The summed E-state index contributed by atoms with van der Waals surface area (Å²) < 4.78 is 5.74. The van der Waals surface area contributed by atoms with Gasteiger partial charge < -0.3 is 19.8 Å². The van der Waals surface area contributed by atoms with Gasteiger partial charge in [0.25, 0.3) is 0 Å². The summed E-state index contributed by atoms with van der Waals surface area (Å²) in [6, 6.07) is 5.87. The first-order valence-corrected chi connectivity index (χ1v) is 21.9. The second kappa shape index (κ2) is 20.7. The zero-order valence-corrected chi connectivity index (χ0v) is 39.5. The molecule has 3 atom stereocenters. The van der Waals surface area contributed by atoms with Crippen molar-refractivity contribution in [3.05, 3.63) is 104 Å². The van der Waals surface area contributed by atoms with Gasteiger partial charge in [-0.3, -0.25) is 14.4 Å². The molecule has 5 heterocycles. The van der Waals surface area contributed by atoms with Crippen molar-refractivity contribution >= 4 is 74.3 Å². The molecule has 10 heteroatoms. The molecule has 9 nitrogen and oxygen atoms in total. The van der Waals surface area contributed by atoms with E-state index in [1.165, 1.54) is 16.7 Å². The normalized spacial score (nSPS) is 16.9. The number of ketones is 1. The number of rotatable bonds is 16. The van der Waals surface area contributed by atoms with Crippen LogP contribution in [0.25, 0.3) is 33.2 Å². The van der Waals surface area contributed by atoms with Crippen LogP contribution < -0.4 is 19.9 Å².